The van der Waals surface area contributed by atoms with E-state index in [9.17, 15) is 4.39 Å². The number of nitrogens with zero attached hydrogens (tertiary/aromatic N) is 2. The van der Waals surface area contributed by atoms with Crippen molar-refractivity contribution in [2.75, 3.05) is 26.8 Å². The molecule has 114 valence electrons. The Morgan fingerprint density at radius 1 is 1.52 bits per heavy atom. The molecular weight excluding hydrogens is 271 g/mol. The molecule has 1 aromatic rings. The maximum Gasteiger partial charge on any atom is 0.123 e. The summed E-state index contributed by atoms with van der Waals surface area (Å²) in [7, 11) is 1.65. The van der Waals surface area contributed by atoms with Crippen LogP contribution in [0.2, 0.25) is 0 Å². The van der Waals surface area contributed by atoms with Gasteiger partial charge in [0.25, 0.3) is 0 Å². The van der Waals surface area contributed by atoms with Crippen LogP contribution in [-0.2, 0) is 16.0 Å². The normalized spacial score (nSPS) is 22.0. The van der Waals surface area contributed by atoms with Crippen LogP contribution in [0.4, 0.5) is 4.39 Å². The minimum atomic E-state index is -0.315. The number of halogens is 1. The van der Waals surface area contributed by atoms with Crippen molar-refractivity contribution in [3.63, 3.8) is 0 Å². The fraction of sp³-hybridized carbons (Fsp3) is 0.562. The van der Waals surface area contributed by atoms with E-state index in [0.717, 1.165) is 6.54 Å². The Hall–Kier alpha value is -1.48. The molecule has 0 aromatic heterocycles. The zero-order valence-corrected chi connectivity index (χ0v) is 12.7. The first kappa shape index (κ1) is 15.9. The minimum Gasteiger partial charge on any atom is -0.382 e. The molecule has 1 saturated heterocycles. The van der Waals surface area contributed by atoms with Gasteiger partial charge in [0, 0.05) is 26.7 Å². The second-order valence-corrected chi connectivity index (χ2v) is 6.04. The molecule has 0 radical (unpaired) electrons. The second kappa shape index (κ2) is 6.52. The maximum atomic E-state index is 13.4. The van der Waals surface area contributed by atoms with E-state index in [1.807, 2.05) is 13.8 Å². The van der Waals surface area contributed by atoms with E-state index in [0.29, 0.717) is 30.8 Å². The van der Waals surface area contributed by atoms with Crippen molar-refractivity contribution in [3.05, 3.63) is 35.1 Å². The van der Waals surface area contributed by atoms with Crippen molar-refractivity contribution >= 4 is 0 Å². The molecule has 0 N–H and O–H groups in total. The van der Waals surface area contributed by atoms with Crippen LogP contribution in [0.15, 0.2) is 18.2 Å². The molecule has 0 bridgehead atoms. The Morgan fingerprint density at radius 3 is 2.95 bits per heavy atom. The van der Waals surface area contributed by atoms with E-state index in [1.165, 1.54) is 18.2 Å². The Bertz CT molecular complexity index is 540. The molecule has 0 aliphatic carbocycles. The summed E-state index contributed by atoms with van der Waals surface area (Å²) in [6.07, 6.45) is -0.0159. The van der Waals surface area contributed by atoms with Crippen LogP contribution in [0.5, 0.6) is 0 Å². The lowest BCUT2D eigenvalue weighted by Crippen LogP contribution is -2.53. The number of benzene rings is 1. The molecule has 1 unspecified atom stereocenters. The first-order valence-corrected chi connectivity index (χ1v) is 7.01. The molecule has 0 spiro atoms. The highest BCUT2D eigenvalue weighted by Gasteiger charge is 2.33. The summed E-state index contributed by atoms with van der Waals surface area (Å²) in [4.78, 5) is 2.18. The lowest BCUT2D eigenvalue weighted by Gasteiger charge is -2.42. The zero-order valence-electron chi connectivity index (χ0n) is 12.7. The van der Waals surface area contributed by atoms with Gasteiger partial charge in [-0.2, -0.15) is 5.26 Å². The Labute approximate surface area is 125 Å². The van der Waals surface area contributed by atoms with Gasteiger partial charge in [0.05, 0.1) is 29.9 Å². The lowest BCUT2D eigenvalue weighted by atomic mass is 10.0. The number of ether oxygens (including phenoxy) is 2. The molecular formula is C16H21FN2O2. The van der Waals surface area contributed by atoms with Crippen LogP contribution < -0.4 is 0 Å². The molecule has 1 atom stereocenters. The van der Waals surface area contributed by atoms with Crippen LogP contribution in [0, 0.1) is 17.1 Å². The summed E-state index contributed by atoms with van der Waals surface area (Å²) >= 11 is 0. The van der Waals surface area contributed by atoms with Gasteiger partial charge in [-0.1, -0.05) is 0 Å². The number of methoxy groups -OCH3 is 1. The van der Waals surface area contributed by atoms with Crippen LogP contribution in [0.1, 0.15) is 25.0 Å². The second-order valence-electron chi connectivity index (χ2n) is 6.04. The molecule has 1 aliphatic heterocycles. The first-order valence-electron chi connectivity index (χ1n) is 7.01. The van der Waals surface area contributed by atoms with Crippen molar-refractivity contribution in [3.8, 4) is 6.07 Å². The van der Waals surface area contributed by atoms with Crippen LogP contribution in [0.3, 0.4) is 0 Å². The topological polar surface area (TPSA) is 45.5 Å². The SMILES string of the molecule is COCC1CN(Cc2cc(F)ccc2C#N)CC(C)(C)O1. The quantitative estimate of drug-likeness (QED) is 0.854. The van der Waals surface area contributed by atoms with Crippen LogP contribution in [0.25, 0.3) is 0 Å². The van der Waals surface area contributed by atoms with E-state index in [2.05, 4.69) is 11.0 Å². The minimum absolute atomic E-state index is 0.0159. The van der Waals surface area contributed by atoms with Gasteiger partial charge in [-0.3, -0.25) is 4.90 Å². The van der Waals surface area contributed by atoms with Gasteiger partial charge < -0.3 is 9.47 Å². The van der Waals surface area contributed by atoms with Gasteiger partial charge in [-0.05, 0) is 37.6 Å². The van der Waals surface area contributed by atoms with Crippen molar-refractivity contribution in [1.82, 2.24) is 4.90 Å². The molecule has 1 aromatic carbocycles. The highest BCUT2D eigenvalue weighted by atomic mass is 19.1. The molecule has 1 fully saturated rings. The highest BCUT2D eigenvalue weighted by molar-refractivity contribution is 5.37. The van der Waals surface area contributed by atoms with Crippen molar-refractivity contribution in [2.45, 2.75) is 32.1 Å². The molecule has 1 heterocycles. The summed E-state index contributed by atoms with van der Waals surface area (Å²) in [5, 5.41) is 9.14. The Balaban J connectivity index is 2.15. The monoisotopic (exact) mass is 292 g/mol. The predicted molar refractivity (Wildman–Crippen MR) is 77.2 cm³/mol. The summed E-state index contributed by atoms with van der Waals surface area (Å²) in [6, 6.07) is 6.41. The van der Waals surface area contributed by atoms with Gasteiger partial charge >= 0.3 is 0 Å². The number of hydrogen-bond acceptors (Lipinski definition) is 4. The van der Waals surface area contributed by atoms with Gasteiger partial charge in [0.15, 0.2) is 0 Å². The smallest absolute Gasteiger partial charge is 0.123 e. The largest absolute Gasteiger partial charge is 0.382 e. The summed E-state index contributed by atoms with van der Waals surface area (Å²) in [5.74, 6) is -0.315. The molecule has 1 aliphatic rings. The van der Waals surface area contributed by atoms with Gasteiger partial charge in [-0.25, -0.2) is 4.39 Å². The molecule has 4 nitrogen and oxygen atoms in total. The summed E-state index contributed by atoms with van der Waals surface area (Å²) in [6.45, 7) is 6.55. The van der Waals surface area contributed by atoms with Gasteiger partial charge in [-0.15, -0.1) is 0 Å². The van der Waals surface area contributed by atoms with E-state index in [-0.39, 0.29) is 17.5 Å². The fourth-order valence-electron chi connectivity index (χ4n) is 2.85. The lowest BCUT2D eigenvalue weighted by molar-refractivity contribution is -0.154. The third-order valence-electron chi connectivity index (χ3n) is 3.49. The van der Waals surface area contributed by atoms with E-state index < -0.39 is 0 Å². The predicted octanol–water partition coefficient (Wildman–Crippen LogP) is 2.32. The van der Waals surface area contributed by atoms with Crippen LogP contribution in [-0.4, -0.2) is 43.4 Å². The Morgan fingerprint density at radius 2 is 2.29 bits per heavy atom. The third-order valence-corrected chi connectivity index (χ3v) is 3.49. The average Bonchev–Trinajstić information content (AvgIpc) is 2.37. The fourth-order valence-corrected chi connectivity index (χ4v) is 2.85. The zero-order chi connectivity index (χ0) is 15.5. The molecule has 2 rings (SSSR count). The van der Waals surface area contributed by atoms with Crippen molar-refractivity contribution < 1.29 is 13.9 Å². The average molecular weight is 292 g/mol. The maximum absolute atomic E-state index is 13.4. The number of morpholine rings is 1. The molecule has 0 amide bonds. The molecule has 0 saturated carbocycles. The summed E-state index contributed by atoms with van der Waals surface area (Å²) < 4.78 is 24.5. The highest BCUT2D eigenvalue weighted by Crippen LogP contribution is 2.23. The van der Waals surface area contributed by atoms with E-state index >= 15 is 0 Å². The third kappa shape index (κ3) is 4.24. The summed E-state index contributed by atoms with van der Waals surface area (Å²) in [5.41, 5.74) is 0.942. The standard InChI is InChI=1S/C16H21FN2O2/c1-16(2)11-19(9-15(21-16)10-20-3)8-13-6-14(17)5-4-12(13)7-18/h4-6,15H,8-11H2,1-3H3. The van der Waals surface area contributed by atoms with Crippen molar-refractivity contribution in [2.24, 2.45) is 0 Å². The van der Waals surface area contributed by atoms with Crippen LogP contribution >= 0.6 is 0 Å². The number of hydrogen-bond donors (Lipinski definition) is 0. The van der Waals surface area contributed by atoms with Gasteiger partial charge in [0.1, 0.15) is 5.82 Å². The number of rotatable bonds is 4. The van der Waals surface area contributed by atoms with Gasteiger partial charge in [0.2, 0.25) is 0 Å². The first-order chi connectivity index (χ1) is 9.93. The Kier molecular flexibility index (Phi) is 4.94. The molecule has 21 heavy (non-hydrogen) atoms. The number of nitriles is 1. The van der Waals surface area contributed by atoms with E-state index in [4.69, 9.17) is 14.7 Å². The van der Waals surface area contributed by atoms with E-state index in [1.54, 1.807) is 7.11 Å². The molecule has 5 heteroatoms. The van der Waals surface area contributed by atoms with Crippen molar-refractivity contribution in [1.29, 1.82) is 5.26 Å².